The van der Waals surface area contributed by atoms with Gasteiger partial charge in [0.25, 0.3) is 0 Å². The van der Waals surface area contributed by atoms with Gasteiger partial charge in [-0.1, -0.05) is 35.9 Å². The smallest absolute Gasteiger partial charge is 0.361 e. The van der Waals surface area contributed by atoms with E-state index in [0.29, 0.717) is 5.56 Å². The number of hydrogen-bond donors (Lipinski definition) is 2. The van der Waals surface area contributed by atoms with Gasteiger partial charge in [0.1, 0.15) is 6.04 Å². The van der Waals surface area contributed by atoms with E-state index in [-0.39, 0.29) is 37.7 Å². The largest absolute Gasteiger partial charge is 0.417 e. The Balaban J connectivity index is 1.58. The van der Waals surface area contributed by atoms with E-state index in [1.807, 2.05) is 24.3 Å². The van der Waals surface area contributed by atoms with Crippen LogP contribution in [0.5, 0.6) is 0 Å². The summed E-state index contributed by atoms with van der Waals surface area (Å²) in [4.78, 5) is 29.9. The summed E-state index contributed by atoms with van der Waals surface area (Å²) in [6, 6.07) is 10.4. The van der Waals surface area contributed by atoms with E-state index in [1.165, 1.54) is 17.0 Å². The van der Waals surface area contributed by atoms with Gasteiger partial charge in [-0.05, 0) is 29.3 Å². The Labute approximate surface area is 181 Å². The van der Waals surface area contributed by atoms with Crippen molar-refractivity contribution in [3.63, 3.8) is 0 Å². The van der Waals surface area contributed by atoms with E-state index < -0.39 is 22.8 Å². The summed E-state index contributed by atoms with van der Waals surface area (Å²) in [6.07, 6.45) is -2.44. The zero-order valence-corrected chi connectivity index (χ0v) is 17.1. The van der Waals surface area contributed by atoms with E-state index in [9.17, 15) is 22.8 Å². The molecule has 0 bridgehead atoms. The third-order valence-corrected chi connectivity index (χ3v) is 5.69. The average Bonchev–Trinajstić information content (AvgIpc) is 3.07. The van der Waals surface area contributed by atoms with Crippen LogP contribution < -0.4 is 5.32 Å². The number of aromatic nitrogens is 1. The Morgan fingerprint density at radius 1 is 1.13 bits per heavy atom. The summed E-state index contributed by atoms with van der Waals surface area (Å²) < 4.78 is 39.5. The van der Waals surface area contributed by atoms with E-state index >= 15 is 0 Å². The zero-order valence-electron chi connectivity index (χ0n) is 16.3. The predicted molar refractivity (Wildman–Crippen MR) is 110 cm³/mol. The number of nitrogens with zero attached hydrogens (tertiary/aromatic N) is 1. The molecule has 1 saturated heterocycles. The maximum Gasteiger partial charge on any atom is 0.417 e. The number of rotatable bonds is 4. The predicted octanol–water partition coefficient (Wildman–Crippen LogP) is 4.30. The Morgan fingerprint density at radius 3 is 2.68 bits per heavy atom. The van der Waals surface area contributed by atoms with Gasteiger partial charge >= 0.3 is 6.18 Å². The fourth-order valence-corrected chi connectivity index (χ4v) is 4.04. The van der Waals surface area contributed by atoms with Crippen LogP contribution in [0.15, 0.2) is 48.7 Å². The molecule has 9 heteroatoms. The van der Waals surface area contributed by atoms with Gasteiger partial charge in [0.15, 0.2) is 0 Å². The fraction of sp³-hybridized carbons (Fsp3) is 0.273. The molecular weight excluding hydrogens is 431 g/mol. The second-order valence-corrected chi connectivity index (χ2v) is 7.91. The second-order valence-electron chi connectivity index (χ2n) is 7.51. The number of alkyl halides is 3. The van der Waals surface area contributed by atoms with Gasteiger partial charge in [0.2, 0.25) is 11.8 Å². The van der Waals surface area contributed by atoms with E-state index in [4.69, 9.17) is 11.6 Å². The molecule has 2 heterocycles. The van der Waals surface area contributed by atoms with Crippen molar-refractivity contribution in [3.05, 3.63) is 70.4 Å². The van der Waals surface area contributed by atoms with Crippen LogP contribution in [0, 0.1) is 0 Å². The van der Waals surface area contributed by atoms with Crippen LogP contribution in [-0.4, -0.2) is 34.3 Å². The van der Waals surface area contributed by atoms with Crippen molar-refractivity contribution in [1.82, 2.24) is 15.2 Å². The number of carbonyl (C=O) groups excluding carboxylic acids is 2. The molecule has 1 aliphatic heterocycles. The standard InChI is InChI=1S/C22H19ClF3N3O2/c23-17-6-5-13(9-16(17)22(24,25)26)12-29-8-7-20(30)28-19(21(29)31)10-14-11-27-18-4-2-1-3-15(14)18/h1-6,9,11,19,27H,7-8,10,12H2,(H,28,30)/t19-/m0/s1. The highest BCUT2D eigenvalue weighted by Crippen LogP contribution is 2.35. The Bertz CT molecular complexity index is 1140. The number of amides is 2. The summed E-state index contributed by atoms with van der Waals surface area (Å²) in [6.45, 7) is 0.0808. The minimum atomic E-state index is -4.59. The number of fused-ring (bicyclic) bond motifs is 1. The van der Waals surface area contributed by atoms with Gasteiger partial charge in [-0.25, -0.2) is 0 Å². The Hall–Kier alpha value is -3.00. The quantitative estimate of drug-likeness (QED) is 0.623. The monoisotopic (exact) mass is 449 g/mol. The lowest BCUT2D eigenvalue weighted by atomic mass is 10.0. The van der Waals surface area contributed by atoms with Crippen molar-refractivity contribution in [2.24, 2.45) is 0 Å². The van der Waals surface area contributed by atoms with Crippen LogP contribution in [0.4, 0.5) is 13.2 Å². The molecule has 5 nitrogen and oxygen atoms in total. The lowest BCUT2D eigenvalue weighted by Crippen LogP contribution is -2.45. The van der Waals surface area contributed by atoms with Crippen molar-refractivity contribution < 1.29 is 22.8 Å². The number of nitrogens with one attached hydrogen (secondary N) is 2. The van der Waals surface area contributed by atoms with Crippen LogP contribution in [0.1, 0.15) is 23.1 Å². The molecule has 0 spiro atoms. The molecule has 4 rings (SSSR count). The molecule has 0 unspecified atom stereocenters. The van der Waals surface area contributed by atoms with E-state index in [0.717, 1.165) is 22.5 Å². The molecule has 2 amide bonds. The van der Waals surface area contributed by atoms with Gasteiger partial charge < -0.3 is 15.2 Å². The lowest BCUT2D eigenvalue weighted by Gasteiger charge is -2.24. The van der Waals surface area contributed by atoms with E-state index in [1.54, 1.807) is 6.20 Å². The van der Waals surface area contributed by atoms with Crippen LogP contribution in [0.2, 0.25) is 5.02 Å². The third-order valence-electron chi connectivity index (χ3n) is 5.36. The molecule has 0 radical (unpaired) electrons. The zero-order chi connectivity index (χ0) is 22.2. The molecule has 0 aliphatic carbocycles. The topological polar surface area (TPSA) is 65.2 Å². The Kier molecular flexibility index (Phi) is 5.66. The van der Waals surface area contributed by atoms with Gasteiger partial charge in [-0.3, -0.25) is 9.59 Å². The minimum absolute atomic E-state index is 0.0432. The van der Waals surface area contributed by atoms with Crippen molar-refractivity contribution >= 4 is 34.3 Å². The van der Waals surface area contributed by atoms with Gasteiger partial charge in [0, 0.05) is 43.0 Å². The summed E-state index contributed by atoms with van der Waals surface area (Å²) in [5.41, 5.74) is 1.15. The molecule has 2 aromatic carbocycles. The molecule has 0 saturated carbocycles. The van der Waals surface area contributed by atoms with Crippen molar-refractivity contribution in [2.45, 2.75) is 31.6 Å². The first-order chi connectivity index (χ1) is 14.7. The molecule has 1 aromatic heterocycles. The fourth-order valence-electron chi connectivity index (χ4n) is 3.82. The first-order valence-electron chi connectivity index (χ1n) is 9.71. The number of aromatic amines is 1. The SMILES string of the molecule is O=C1CCN(Cc2ccc(Cl)c(C(F)(F)F)c2)C(=O)[C@H](Cc2c[nH]c3ccccc23)N1. The minimum Gasteiger partial charge on any atom is -0.361 e. The number of halogens is 4. The molecule has 1 fully saturated rings. The summed E-state index contributed by atoms with van der Waals surface area (Å²) in [5, 5.41) is 3.30. The molecule has 1 aliphatic rings. The number of hydrogen-bond acceptors (Lipinski definition) is 2. The first-order valence-corrected chi connectivity index (χ1v) is 10.1. The van der Waals surface area contributed by atoms with Crippen LogP contribution >= 0.6 is 11.6 Å². The molecule has 3 aromatic rings. The third kappa shape index (κ3) is 4.54. The molecular formula is C22H19ClF3N3O2. The molecule has 162 valence electrons. The first kappa shape index (κ1) is 21.2. The number of para-hydroxylation sites is 1. The van der Waals surface area contributed by atoms with Crippen molar-refractivity contribution in [3.8, 4) is 0 Å². The van der Waals surface area contributed by atoms with Gasteiger partial charge in [-0.2, -0.15) is 13.2 Å². The molecule has 2 N–H and O–H groups in total. The second kappa shape index (κ2) is 8.26. The summed E-state index contributed by atoms with van der Waals surface area (Å²) >= 11 is 5.69. The van der Waals surface area contributed by atoms with Crippen molar-refractivity contribution in [1.29, 1.82) is 0 Å². The number of H-pyrrole nitrogens is 1. The van der Waals surface area contributed by atoms with Crippen LogP contribution in [-0.2, 0) is 28.7 Å². The van der Waals surface area contributed by atoms with Crippen molar-refractivity contribution in [2.75, 3.05) is 6.54 Å². The maximum atomic E-state index is 13.2. The molecule has 31 heavy (non-hydrogen) atoms. The van der Waals surface area contributed by atoms with Gasteiger partial charge in [0.05, 0.1) is 10.6 Å². The normalized spacial score (nSPS) is 17.7. The average molecular weight is 450 g/mol. The number of carbonyl (C=O) groups is 2. The highest BCUT2D eigenvalue weighted by atomic mass is 35.5. The lowest BCUT2D eigenvalue weighted by molar-refractivity contribution is -0.137. The highest BCUT2D eigenvalue weighted by molar-refractivity contribution is 6.31. The number of benzene rings is 2. The van der Waals surface area contributed by atoms with Gasteiger partial charge in [-0.15, -0.1) is 0 Å². The van der Waals surface area contributed by atoms with E-state index in [2.05, 4.69) is 10.3 Å². The summed E-state index contributed by atoms with van der Waals surface area (Å²) in [7, 11) is 0. The van der Waals surface area contributed by atoms with Crippen LogP contribution in [0.3, 0.4) is 0 Å². The highest BCUT2D eigenvalue weighted by Gasteiger charge is 2.34. The van der Waals surface area contributed by atoms with Crippen LogP contribution in [0.25, 0.3) is 10.9 Å². The maximum absolute atomic E-state index is 13.2. The Morgan fingerprint density at radius 2 is 1.90 bits per heavy atom. The molecule has 1 atom stereocenters. The summed E-state index contributed by atoms with van der Waals surface area (Å²) in [5.74, 6) is -0.604.